The molecule has 1 amide bonds. The van der Waals surface area contributed by atoms with Gasteiger partial charge in [0.1, 0.15) is 5.56 Å². The average Bonchev–Trinajstić information content (AvgIpc) is 3.35. The second-order valence-corrected chi connectivity index (χ2v) is 7.40. The van der Waals surface area contributed by atoms with Gasteiger partial charge < -0.3 is 19.9 Å². The van der Waals surface area contributed by atoms with E-state index in [1.54, 1.807) is 36.8 Å². The van der Waals surface area contributed by atoms with Gasteiger partial charge in [-0.2, -0.15) is 0 Å². The van der Waals surface area contributed by atoms with Crippen molar-refractivity contribution in [2.75, 3.05) is 19.5 Å². The molecule has 28 heavy (non-hydrogen) atoms. The van der Waals surface area contributed by atoms with Crippen molar-refractivity contribution in [1.82, 2.24) is 0 Å². The van der Waals surface area contributed by atoms with Crippen LogP contribution in [0, 0.1) is 0 Å². The Hall–Kier alpha value is -3.10. The molecule has 0 saturated heterocycles. The van der Waals surface area contributed by atoms with Crippen molar-refractivity contribution >= 4 is 46.3 Å². The van der Waals surface area contributed by atoms with Gasteiger partial charge >= 0.3 is 5.97 Å². The van der Waals surface area contributed by atoms with E-state index in [9.17, 15) is 14.7 Å². The van der Waals surface area contributed by atoms with Crippen LogP contribution in [0.2, 0.25) is 0 Å². The third-order valence-electron chi connectivity index (χ3n) is 3.84. The Morgan fingerprint density at radius 1 is 1.11 bits per heavy atom. The number of hydrogen-bond donors (Lipinski definition) is 2. The summed E-state index contributed by atoms with van der Waals surface area (Å²) in [4.78, 5) is 25.5. The molecule has 2 heterocycles. The third kappa shape index (κ3) is 4.24. The van der Waals surface area contributed by atoms with Crippen LogP contribution >= 0.6 is 22.7 Å². The number of carboxylic acids is 1. The van der Waals surface area contributed by atoms with Crippen molar-refractivity contribution in [3.05, 3.63) is 58.3 Å². The lowest BCUT2D eigenvalue weighted by Gasteiger charge is -2.07. The van der Waals surface area contributed by atoms with E-state index in [4.69, 9.17) is 9.47 Å². The van der Waals surface area contributed by atoms with Gasteiger partial charge in [-0.05, 0) is 35.2 Å². The summed E-state index contributed by atoms with van der Waals surface area (Å²) in [6.07, 6.45) is 2.96. The van der Waals surface area contributed by atoms with Gasteiger partial charge in [0, 0.05) is 16.3 Å². The molecule has 1 aromatic carbocycles. The minimum absolute atomic E-state index is 0.0975. The number of nitrogens with one attached hydrogen (secondary N) is 1. The monoisotopic (exact) mass is 415 g/mol. The van der Waals surface area contributed by atoms with Gasteiger partial charge in [-0.3, -0.25) is 4.79 Å². The molecule has 0 unspecified atom stereocenters. The fourth-order valence-corrected chi connectivity index (χ4v) is 4.42. The van der Waals surface area contributed by atoms with E-state index in [-0.39, 0.29) is 11.3 Å². The zero-order valence-corrected chi connectivity index (χ0v) is 16.7. The first-order valence-corrected chi connectivity index (χ1v) is 9.89. The standard InChI is InChI=1S/C20H17NO5S2/c1-25-14-7-5-12(10-15(14)26-2)6-8-17(22)21-13-11-28-19(18(13)20(23)24)16-4-3-9-27-16/h3-11H,1-2H3,(H,21,22)(H,23,24). The predicted octanol–water partition coefficient (Wildman–Crippen LogP) is 4.84. The van der Waals surface area contributed by atoms with Crippen LogP contribution in [0.5, 0.6) is 11.5 Å². The number of carbonyl (C=O) groups excluding carboxylic acids is 1. The van der Waals surface area contributed by atoms with Crippen LogP contribution in [0.4, 0.5) is 5.69 Å². The molecule has 3 rings (SSSR count). The van der Waals surface area contributed by atoms with E-state index in [1.807, 2.05) is 17.5 Å². The molecule has 0 bridgehead atoms. The Morgan fingerprint density at radius 2 is 1.89 bits per heavy atom. The van der Waals surface area contributed by atoms with Crippen molar-refractivity contribution in [2.45, 2.75) is 0 Å². The normalized spacial score (nSPS) is 10.8. The number of rotatable bonds is 7. The highest BCUT2D eigenvalue weighted by Gasteiger charge is 2.21. The average molecular weight is 415 g/mol. The molecular weight excluding hydrogens is 398 g/mol. The van der Waals surface area contributed by atoms with Crippen LogP contribution in [-0.2, 0) is 4.79 Å². The molecule has 0 atom stereocenters. The molecular formula is C20H17NO5S2. The molecule has 2 N–H and O–H groups in total. The first-order valence-electron chi connectivity index (χ1n) is 8.13. The topological polar surface area (TPSA) is 84.9 Å². The number of thiophene rings is 2. The van der Waals surface area contributed by atoms with Crippen LogP contribution < -0.4 is 14.8 Å². The predicted molar refractivity (Wildman–Crippen MR) is 112 cm³/mol. The first kappa shape index (κ1) is 19.7. The molecule has 0 radical (unpaired) electrons. The number of ether oxygens (including phenoxy) is 2. The molecule has 0 spiro atoms. The maximum atomic E-state index is 12.3. The summed E-state index contributed by atoms with van der Waals surface area (Å²) < 4.78 is 10.4. The molecule has 3 aromatic rings. The Kier molecular flexibility index (Phi) is 6.13. The smallest absolute Gasteiger partial charge is 0.339 e. The zero-order valence-electron chi connectivity index (χ0n) is 15.1. The number of hydrogen-bond acceptors (Lipinski definition) is 6. The number of aromatic carboxylic acids is 1. The van der Waals surface area contributed by atoms with Gasteiger partial charge in [-0.1, -0.05) is 12.1 Å². The molecule has 8 heteroatoms. The summed E-state index contributed by atoms with van der Waals surface area (Å²) in [6, 6.07) is 8.98. The van der Waals surface area contributed by atoms with Crippen molar-refractivity contribution in [3.8, 4) is 21.3 Å². The highest BCUT2D eigenvalue weighted by atomic mass is 32.1. The fraction of sp³-hybridized carbons (Fsp3) is 0.100. The minimum atomic E-state index is -1.08. The summed E-state index contributed by atoms with van der Waals surface area (Å²) >= 11 is 2.74. The van der Waals surface area contributed by atoms with E-state index in [1.165, 1.54) is 35.9 Å². The second-order valence-electron chi connectivity index (χ2n) is 5.57. The highest BCUT2D eigenvalue weighted by Crippen LogP contribution is 2.38. The number of benzene rings is 1. The van der Waals surface area contributed by atoms with Crippen LogP contribution in [0.3, 0.4) is 0 Å². The molecule has 144 valence electrons. The summed E-state index contributed by atoms with van der Waals surface area (Å²) in [6.45, 7) is 0. The fourth-order valence-electron chi connectivity index (χ4n) is 2.55. The van der Waals surface area contributed by atoms with Crippen LogP contribution in [0.25, 0.3) is 15.8 Å². The summed E-state index contributed by atoms with van der Waals surface area (Å²) in [5.74, 6) is -0.358. The Labute approximate surface area is 169 Å². The Balaban J connectivity index is 1.78. The number of methoxy groups -OCH3 is 2. The number of carboxylic acid groups (broad SMARTS) is 1. The lowest BCUT2D eigenvalue weighted by Crippen LogP contribution is -2.10. The first-order chi connectivity index (χ1) is 13.5. The van der Waals surface area contributed by atoms with Gasteiger partial charge in [0.25, 0.3) is 0 Å². The maximum absolute atomic E-state index is 12.3. The molecule has 0 fully saturated rings. The largest absolute Gasteiger partial charge is 0.493 e. The summed E-state index contributed by atoms with van der Waals surface area (Å²) in [5.41, 5.74) is 1.12. The molecule has 0 aliphatic heterocycles. The third-order valence-corrected chi connectivity index (χ3v) is 5.87. The van der Waals surface area contributed by atoms with E-state index >= 15 is 0 Å². The van der Waals surface area contributed by atoms with E-state index in [2.05, 4.69) is 5.32 Å². The van der Waals surface area contributed by atoms with Gasteiger partial charge in [0.15, 0.2) is 11.5 Å². The van der Waals surface area contributed by atoms with E-state index in [0.29, 0.717) is 16.4 Å². The molecule has 0 saturated carbocycles. The lowest BCUT2D eigenvalue weighted by atomic mass is 10.1. The van der Waals surface area contributed by atoms with Crippen molar-refractivity contribution in [2.24, 2.45) is 0 Å². The summed E-state index contributed by atoms with van der Waals surface area (Å²) in [5, 5.41) is 15.7. The highest BCUT2D eigenvalue weighted by molar-refractivity contribution is 7.21. The van der Waals surface area contributed by atoms with E-state index in [0.717, 1.165) is 10.4 Å². The molecule has 0 aliphatic carbocycles. The quantitative estimate of drug-likeness (QED) is 0.539. The second kappa shape index (κ2) is 8.73. The zero-order chi connectivity index (χ0) is 20.1. The maximum Gasteiger partial charge on any atom is 0.339 e. The molecule has 6 nitrogen and oxygen atoms in total. The van der Waals surface area contributed by atoms with Gasteiger partial charge in [0.2, 0.25) is 5.91 Å². The Bertz CT molecular complexity index is 1020. The molecule has 0 aliphatic rings. The number of anilines is 1. The Morgan fingerprint density at radius 3 is 2.54 bits per heavy atom. The lowest BCUT2D eigenvalue weighted by molar-refractivity contribution is -0.111. The van der Waals surface area contributed by atoms with Crippen LogP contribution in [0.1, 0.15) is 15.9 Å². The number of carbonyl (C=O) groups is 2. The number of amides is 1. The minimum Gasteiger partial charge on any atom is -0.493 e. The summed E-state index contributed by atoms with van der Waals surface area (Å²) in [7, 11) is 3.08. The van der Waals surface area contributed by atoms with Crippen molar-refractivity contribution < 1.29 is 24.2 Å². The SMILES string of the molecule is COc1ccc(C=CC(=O)Nc2csc(-c3cccs3)c2C(=O)O)cc1OC. The van der Waals surface area contributed by atoms with Crippen LogP contribution in [-0.4, -0.2) is 31.2 Å². The van der Waals surface area contributed by atoms with E-state index < -0.39 is 11.9 Å². The van der Waals surface area contributed by atoms with Gasteiger partial charge in [-0.15, -0.1) is 22.7 Å². The molecule has 2 aromatic heterocycles. The van der Waals surface area contributed by atoms with Crippen molar-refractivity contribution in [1.29, 1.82) is 0 Å². The van der Waals surface area contributed by atoms with Crippen LogP contribution in [0.15, 0.2) is 47.2 Å². The van der Waals surface area contributed by atoms with Gasteiger partial charge in [0.05, 0.1) is 24.8 Å². The van der Waals surface area contributed by atoms with Crippen molar-refractivity contribution in [3.63, 3.8) is 0 Å². The van der Waals surface area contributed by atoms with Gasteiger partial charge in [-0.25, -0.2) is 4.79 Å².